The lowest BCUT2D eigenvalue weighted by Gasteiger charge is -2.41. The number of carbonyl (C=O) groups excluding carboxylic acids is 1. The van der Waals surface area contributed by atoms with Crippen molar-refractivity contribution in [3.63, 3.8) is 0 Å². The summed E-state index contributed by atoms with van der Waals surface area (Å²) in [6, 6.07) is 8.84. The van der Waals surface area contributed by atoms with Crippen molar-refractivity contribution in [2.75, 3.05) is 47.5 Å². The highest BCUT2D eigenvalue weighted by Gasteiger charge is 2.29. The number of nitrogens with zero attached hydrogens (tertiary/aromatic N) is 7. The topological polar surface area (TPSA) is 87.6 Å². The van der Waals surface area contributed by atoms with E-state index in [0.717, 1.165) is 79.1 Å². The molecule has 2 aliphatic rings. The van der Waals surface area contributed by atoms with Crippen LogP contribution in [0.25, 0.3) is 11.3 Å². The molecule has 9 heteroatoms. The smallest absolute Gasteiger partial charge is 0.339 e. The Balaban J connectivity index is 1.43. The van der Waals surface area contributed by atoms with E-state index in [1.54, 1.807) is 6.20 Å². The molecule has 3 aromatic heterocycles. The summed E-state index contributed by atoms with van der Waals surface area (Å²) in [6.07, 6.45) is 5.82. The maximum absolute atomic E-state index is 12.2. The summed E-state index contributed by atoms with van der Waals surface area (Å²) in [5, 5.41) is 0. The number of hydrogen-bond acceptors (Lipinski definition) is 9. The molecule has 2 fully saturated rings. The Morgan fingerprint density at radius 1 is 1.05 bits per heavy atom. The van der Waals surface area contributed by atoms with Gasteiger partial charge in [0.15, 0.2) is 0 Å². The van der Waals surface area contributed by atoms with Gasteiger partial charge in [-0.25, -0.2) is 14.8 Å². The van der Waals surface area contributed by atoms with Gasteiger partial charge < -0.3 is 19.4 Å². The molecule has 3 aromatic rings. The summed E-state index contributed by atoms with van der Waals surface area (Å²) in [4.78, 5) is 38.6. The maximum Gasteiger partial charge on any atom is 0.339 e. The van der Waals surface area contributed by atoms with Crippen LogP contribution < -0.4 is 14.7 Å². The number of esters is 1. The van der Waals surface area contributed by atoms with Crippen LogP contribution in [0.5, 0.6) is 0 Å². The molecule has 212 valence electrons. The first kappa shape index (κ1) is 27.8. The third kappa shape index (κ3) is 5.74. The van der Waals surface area contributed by atoms with Gasteiger partial charge in [0, 0.05) is 68.0 Å². The van der Waals surface area contributed by atoms with E-state index in [4.69, 9.17) is 14.7 Å². The number of anilines is 3. The molecule has 2 saturated heterocycles. The molecule has 0 amide bonds. The first-order valence-corrected chi connectivity index (χ1v) is 14.5. The van der Waals surface area contributed by atoms with Crippen molar-refractivity contribution in [1.82, 2.24) is 19.9 Å². The molecule has 2 atom stereocenters. The van der Waals surface area contributed by atoms with Gasteiger partial charge in [0.05, 0.1) is 17.9 Å². The number of pyridine rings is 2. The van der Waals surface area contributed by atoms with E-state index in [0.29, 0.717) is 24.1 Å². The van der Waals surface area contributed by atoms with Crippen molar-refractivity contribution in [3.05, 3.63) is 53.5 Å². The summed E-state index contributed by atoms with van der Waals surface area (Å²) in [6.45, 7) is 16.4. The fourth-order valence-corrected chi connectivity index (χ4v) is 5.71. The average Bonchev–Trinajstić information content (AvgIpc) is 3.38. The van der Waals surface area contributed by atoms with Crippen LogP contribution in [-0.2, 0) is 4.74 Å². The van der Waals surface area contributed by atoms with E-state index < -0.39 is 0 Å². The molecule has 1 unspecified atom stereocenters. The summed E-state index contributed by atoms with van der Waals surface area (Å²) >= 11 is 0. The highest BCUT2D eigenvalue weighted by molar-refractivity contribution is 5.89. The second-order valence-electron chi connectivity index (χ2n) is 11.3. The summed E-state index contributed by atoms with van der Waals surface area (Å²) < 4.78 is 5.14. The minimum absolute atomic E-state index is 0.204. The zero-order chi connectivity index (χ0) is 28.4. The predicted octanol–water partition coefficient (Wildman–Crippen LogP) is 5.25. The standard InChI is InChI=1S/C31H41N7O2/c1-7-40-30(39)25-15-21(4)29(33-18-25)36-13-14-37(23(6)19-36)28-17-27(24-10-11-32-26(16-24)20(2)3)34-31(35-28)38-12-8-9-22(38)5/h10-11,15-18,20,22-23H,7-9,12-14,19H2,1-6H3/t22?,23-/m1/s1. The predicted molar refractivity (Wildman–Crippen MR) is 159 cm³/mol. The van der Waals surface area contributed by atoms with E-state index >= 15 is 0 Å². The zero-order valence-electron chi connectivity index (χ0n) is 24.6. The van der Waals surface area contributed by atoms with Crippen molar-refractivity contribution in [3.8, 4) is 11.3 Å². The Morgan fingerprint density at radius 2 is 1.88 bits per heavy atom. The number of ether oxygens (including phenoxy) is 1. The Hall–Kier alpha value is -3.75. The summed E-state index contributed by atoms with van der Waals surface area (Å²) in [5.41, 5.74) is 4.53. The van der Waals surface area contributed by atoms with Crippen LogP contribution >= 0.6 is 0 Å². The van der Waals surface area contributed by atoms with Crippen molar-refractivity contribution < 1.29 is 9.53 Å². The number of aromatic nitrogens is 4. The highest BCUT2D eigenvalue weighted by Crippen LogP contribution is 2.32. The Labute approximate surface area is 237 Å². The van der Waals surface area contributed by atoms with Crippen LogP contribution in [0.3, 0.4) is 0 Å². The van der Waals surface area contributed by atoms with Crippen LogP contribution in [0.15, 0.2) is 36.7 Å². The Kier molecular flexibility index (Phi) is 8.19. The fourth-order valence-electron chi connectivity index (χ4n) is 5.71. The van der Waals surface area contributed by atoms with Crippen molar-refractivity contribution in [2.45, 2.75) is 72.4 Å². The molecule has 0 aromatic carbocycles. The number of carbonyl (C=O) groups is 1. The fraction of sp³-hybridized carbons (Fsp3) is 0.516. The molecule has 5 rings (SSSR count). The molecule has 40 heavy (non-hydrogen) atoms. The number of piperazine rings is 1. The third-order valence-electron chi connectivity index (χ3n) is 7.96. The van der Waals surface area contributed by atoms with E-state index in [-0.39, 0.29) is 12.0 Å². The van der Waals surface area contributed by atoms with Gasteiger partial charge in [-0.1, -0.05) is 13.8 Å². The van der Waals surface area contributed by atoms with E-state index in [2.05, 4.69) is 64.5 Å². The second-order valence-corrected chi connectivity index (χ2v) is 11.3. The normalized spacial score (nSPS) is 19.4. The highest BCUT2D eigenvalue weighted by atomic mass is 16.5. The van der Waals surface area contributed by atoms with E-state index in [9.17, 15) is 4.79 Å². The van der Waals surface area contributed by atoms with Gasteiger partial charge in [0.1, 0.15) is 11.6 Å². The quantitative estimate of drug-likeness (QED) is 0.371. The van der Waals surface area contributed by atoms with Crippen LogP contribution in [0.4, 0.5) is 17.6 Å². The average molecular weight is 544 g/mol. The monoisotopic (exact) mass is 543 g/mol. The van der Waals surface area contributed by atoms with E-state index in [1.165, 1.54) is 0 Å². The molecule has 0 saturated carbocycles. The van der Waals surface area contributed by atoms with Gasteiger partial charge in [-0.05, 0) is 70.2 Å². The first-order valence-electron chi connectivity index (χ1n) is 14.5. The van der Waals surface area contributed by atoms with Crippen LogP contribution in [-0.4, -0.2) is 70.8 Å². The van der Waals surface area contributed by atoms with Gasteiger partial charge in [0.25, 0.3) is 0 Å². The molecule has 0 aliphatic carbocycles. The van der Waals surface area contributed by atoms with Gasteiger partial charge in [-0.3, -0.25) is 4.98 Å². The number of aryl methyl sites for hydroxylation is 1. The molecular weight excluding hydrogens is 502 g/mol. The minimum Gasteiger partial charge on any atom is -0.462 e. The SMILES string of the molecule is CCOC(=O)c1cnc(N2CCN(c3cc(-c4ccnc(C(C)C)c4)nc(N4CCCC4C)n3)[C@H](C)C2)c(C)c1. The van der Waals surface area contributed by atoms with Gasteiger partial charge in [-0.15, -0.1) is 0 Å². The summed E-state index contributed by atoms with van der Waals surface area (Å²) in [7, 11) is 0. The second kappa shape index (κ2) is 11.8. The molecule has 0 bridgehead atoms. The van der Waals surface area contributed by atoms with E-state index in [1.807, 2.05) is 32.2 Å². The number of hydrogen-bond donors (Lipinski definition) is 0. The molecule has 5 heterocycles. The van der Waals surface area contributed by atoms with Crippen LogP contribution in [0.2, 0.25) is 0 Å². The largest absolute Gasteiger partial charge is 0.462 e. The lowest BCUT2D eigenvalue weighted by Crippen LogP contribution is -2.53. The van der Waals surface area contributed by atoms with Gasteiger partial charge in [0.2, 0.25) is 5.95 Å². The van der Waals surface area contributed by atoms with Crippen LogP contribution in [0.1, 0.15) is 75.0 Å². The van der Waals surface area contributed by atoms with Crippen LogP contribution in [0, 0.1) is 6.92 Å². The molecule has 2 aliphatic heterocycles. The first-order chi connectivity index (χ1) is 19.2. The lowest BCUT2D eigenvalue weighted by molar-refractivity contribution is 0.0525. The molecule has 0 radical (unpaired) electrons. The maximum atomic E-state index is 12.2. The van der Waals surface area contributed by atoms with Gasteiger partial charge in [-0.2, -0.15) is 4.98 Å². The Morgan fingerprint density at radius 3 is 2.55 bits per heavy atom. The van der Waals surface area contributed by atoms with Gasteiger partial charge >= 0.3 is 5.97 Å². The minimum atomic E-state index is -0.333. The third-order valence-corrected chi connectivity index (χ3v) is 7.96. The lowest BCUT2D eigenvalue weighted by atomic mass is 10.1. The van der Waals surface area contributed by atoms with Crippen molar-refractivity contribution in [1.29, 1.82) is 0 Å². The summed E-state index contributed by atoms with van der Waals surface area (Å²) in [5.74, 6) is 2.68. The van der Waals surface area contributed by atoms with Crippen molar-refractivity contribution >= 4 is 23.6 Å². The molecule has 0 N–H and O–H groups in total. The Bertz CT molecular complexity index is 1360. The molecule has 9 nitrogen and oxygen atoms in total. The number of rotatable bonds is 7. The molecular formula is C31H41N7O2. The molecule has 0 spiro atoms. The van der Waals surface area contributed by atoms with Crippen molar-refractivity contribution in [2.24, 2.45) is 0 Å². The zero-order valence-corrected chi connectivity index (χ0v) is 24.6.